The van der Waals surface area contributed by atoms with Gasteiger partial charge in [0.25, 0.3) is 0 Å². The summed E-state index contributed by atoms with van der Waals surface area (Å²) in [6.45, 7) is 1.92. The van der Waals surface area contributed by atoms with Crippen LogP contribution in [-0.2, 0) is 11.2 Å². The molecule has 1 N–H and O–H groups in total. The molecule has 0 saturated heterocycles. The van der Waals surface area contributed by atoms with Gasteiger partial charge in [0.05, 0.1) is 7.11 Å². The molecule has 0 saturated carbocycles. The van der Waals surface area contributed by atoms with E-state index in [0.717, 1.165) is 25.0 Å². The van der Waals surface area contributed by atoms with Crippen LogP contribution in [0.4, 0.5) is 0 Å². The van der Waals surface area contributed by atoms with Crippen LogP contribution in [0.1, 0.15) is 43.4 Å². The quantitative estimate of drug-likeness (QED) is 0.899. The minimum atomic E-state index is -0.740. The number of rotatable bonds is 5. The van der Waals surface area contributed by atoms with Crippen molar-refractivity contribution in [2.45, 2.75) is 44.7 Å². The molecule has 0 aliphatic heterocycles. The first kappa shape index (κ1) is 14.9. The first-order valence-electron chi connectivity index (χ1n) is 7.20. The molecule has 4 nitrogen and oxygen atoms in total. The topological polar surface area (TPSA) is 49.8 Å². The fourth-order valence-electron chi connectivity index (χ4n) is 3.17. The Bertz CT molecular complexity index is 487. The Morgan fingerprint density at radius 2 is 2.30 bits per heavy atom. The van der Waals surface area contributed by atoms with Crippen LogP contribution in [0.5, 0.6) is 5.75 Å². The number of hydrogen-bond acceptors (Lipinski definition) is 3. The van der Waals surface area contributed by atoms with Crippen molar-refractivity contribution in [1.82, 2.24) is 4.90 Å². The number of carboxylic acids is 1. The number of aliphatic carboxylic acids is 1. The Hall–Kier alpha value is -1.55. The largest absolute Gasteiger partial charge is 0.497 e. The van der Waals surface area contributed by atoms with Gasteiger partial charge in [-0.3, -0.25) is 9.69 Å². The second-order valence-electron chi connectivity index (χ2n) is 5.40. The molecule has 4 heteroatoms. The summed E-state index contributed by atoms with van der Waals surface area (Å²) < 4.78 is 5.28. The van der Waals surface area contributed by atoms with Crippen LogP contribution in [0.15, 0.2) is 18.2 Å². The second-order valence-corrected chi connectivity index (χ2v) is 5.40. The van der Waals surface area contributed by atoms with Crippen LogP contribution in [-0.4, -0.2) is 36.2 Å². The predicted octanol–water partition coefficient (Wildman–Crippen LogP) is 2.87. The highest BCUT2D eigenvalue weighted by Gasteiger charge is 2.30. The van der Waals surface area contributed by atoms with E-state index in [0.29, 0.717) is 6.42 Å². The summed E-state index contributed by atoms with van der Waals surface area (Å²) in [6, 6.07) is 5.89. The fourth-order valence-corrected chi connectivity index (χ4v) is 3.17. The molecule has 0 bridgehead atoms. The third-order valence-electron chi connectivity index (χ3n) is 4.29. The minimum absolute atomic E-state index is 0.186. The van der Waals surface area contributed by atoms with Gasteiger partial charge in [0.2, 0.25) is 0 Å². The van der Waals surface area contributed by atoms with E-state index in [-0.39, 0.29) is 6.04 Å². The van der Waals surface area contributed by atoms with Gasteiger partial charge in [0.1, 0.15) is 11.8 Å². The van der Waals surface area contributed by atoms with Crippen LogP contribution in [0.3, 0.4) is 0 Å². The van der Waals surface area contributed by atoms with Crippen molar-refractivity contribution in [3.05, 3.63) is 29.3 Å². The van der Waals surface area contributed by atoms with E-state index < -0.39 is 12.0 Å². The van der Waals surface area contributed by atoms with Crippen LogP contribution >= 0.6 is 0 Å². The van der Waals surface area contributed by atoms with Gasteiger partial charge in [-0.15, -0.1) is 0 Å². The number of nitrogens with zero attached hydrogens (tertiary/aromatic N) is 1. The van der Waals surface area contributed by atoms with Crippen molar-refractivity contribution in [2.24, 2.45) is 0 Å². The van der Waals surface area contributed by atoms with Gasteiger partial charge < -0.3 is 9.84 Å². The number of benzene rings is 1. The Labute approximate surface area is 120 Å². The number of aryl methyl sites for hydroxylation is 1. The Morgan fingerprint density at radius 3 is 2.90 bits per heavy atom. The maximum absolute atomic E-state index is 11.4. The highest BCUT2D eigenvalue weighted by Crippen LogP contribution is 2.36. The zero-order valence-electron chi connectivity index (χ0n) is 12.4. The molecule has 0 radical (unpaired) electrons. The highest BCUT2D eigenvalue weighted by molar-refractivity contribution is 5.73. The summed E-state index contributed by atoms with van der Waals surface area (Å²) in [5, 5.41) is 9.34. The van der Waals surface area contributed by atoms with Gasteiger partial charge in [0.15, 0.2) is 0 Å². The summed E-state index contributed by atoms with van der Waals surface area (Å²) in [5.74, 6) is 0.132. The first-order valence-corrected chi connectivity index (χ1v) is 7.20. The molecule has 20 heavy (non-hydrogen) atoms. The van der Waals surface area contributed by atoms with Gasteiger partial charge in [-0.1, -0.05) is 13.0 Å². The molecule has 110 valence electrons. The van der Waals surface area contributed by atoms with Crippen molar-refractivity contribution in [3.63, 3.8) is 0 Å². The average Bonchev–Trinajstić information content (AvgIpc) is 2.46. The van der Waals surface area contributed by atoms with Crippen molar-refractivity contribution in [3.8, 4) is 5.75 Å². The minimum Gasteiger partial charge on any atom is -0.497 e. The molecule has 0 fully saturated rings. The molecule has 1 aromatic carbocycles. The molecule has 2 unspecified atom stereocenters. The Morgan fingerprint density at radius 1 is 1.55 bits per heavy atom. The molecule has 1 aliphatic rings. The summed E-state index contributed by atoms with van der Waals surface area (Å²) in [4.78, 5) is 13.4. The molecule has 0 aromatic heterocycles. The van der Waals surface area contributed by atoms with E-state index in [4.69, 9.17) is 4.74 Å². The molecule has 2 atom stereocenters. The Kier molecular flexibility index (Phi) is 4.65. The summed E-state index contributed by atoms with van der Waals surface area (Å²) in [6.07, 6.45) is 3.76. The molecule has 0 spiro atoms. The highest BCUT2D eigenvalue weighted by atomic mass is 16.5. The third kappa shape index (κ3) is 2.80. The lowest BCUT2D eigenvalue weighted by molar-refractivity contribution is -0.144. The first-order chi connectivity index (χ1) is 9.58. The van der Waals surface area contributed by atoms with E-state index in [9.17, 15) is 9.90 Å². The lowest BCUT2D eigenvalue weighted by atomic mass is 9.86. The van der Waals surface area contributed by atoms with E-state index in [1.165, 1.54) is 11.1 Å². The van der Waals surface area contributed by atoms with Gasteiger partial charge in [0, 0.05) is 6.04 Å². The zero-order valence-corrected chi connectivity index (χ0v) is 12.4. The monoisotopic (exact) mass is 277 g/mol. The maximum atomic E-state index is 11.4. The Balaban J connectivity index is 2.30. The average molecular weight is 277 g/mol. The number of methoxy groups -OCH3 is 1. The van der Waals surface area contributed by atoms with Crippen LogP contribution in [0.25, 0.3) is 0 Å². The van der Waals surface area contributed by atoms with Crippen molar-refractivity contribution in [1.29, 1.82) is 0 Å². The smallest absolute Gasteiger partial charge is 0.320 e. The lowest BCUT2D eigenvalue weighted by Gasteiger charge is -2.36. The number of fused-ring (bicyclic) bond motifs is 1. The molecular formula is C16H23NO3. The van der Waals surface area contributed by atoms with Crippen molar-refractivity contribution >= 4 is 5.97 Å². The van der Waals surface area contributed by atoms with Crippen molar-refractivity contribution < 1.29 is 14.6 Å². The number of hydrogen-bond donors (Lipinski definition) is 1. The van der Waals surface area contributed by atoms with E-state index in [1.807, 2.05) is 24.9 Å². The van der Waals surface area contributed by atoms with Gasteiger partial charge in [-0.05, 0) is 56.0 Å². The van der Waals surface area contributed by atoms with Gasteiger partial charge >= 0.3 is 5.97 Å². The number of likely N-dealkylation sites (N-methyl/N-ethyl adjacent to an activating group) is 1. The number of carboxylic acid groups (broad SMARTS) is 1. The van der Waals surface area contributed by atoms with Crippen LogP contribution in [0.2, 0.25) is 0 Å². The zero-order chi connectivity index (χ0) is 14.7. The summed E-state index contributed by atoms with van der Waals surface area (Å²) in [7, 11) is 3.60. The van der Waals surface area contributed by atoms with Crippen LogP contribution in [0, 0.1) is 0 Å². The van der Waals surface area contributed by atoms with E-state index >= 15 is 0 Å². The number of carbonyl (C=O) groups is 1. The fraction of sp³-hybridized carbons (Fsp3) is 0.562. The number of ether oxygens (including phenoxy) is 1. The third-order valence-corrected chi connectivity index (χ3v) is 4.29. The maximum Gasteiger partial charge on any atom is 0.320 e. The van der Waals surface area contributed by atoms with Gasteiger partial charge in [-0.2, -0.15) is 0 Å². The normalized spacial score (nSPS) is 19.5. The molecule has 1 aromatic rings. The molecule has 1 aliphatic carbocycles. The van der Waals surface area contributed by atoms with Gasteiger partial charge in [-0.25, -0.2) is 0 Å². The predicted molar refractivity (Wildman–Crippen MR) is 78.2 cm³/mol. The molecule has 0 amide bonds. The van der Waals surface area contributed by atoms with Crippen LogP contribution < -0.4 is 4.74 Å². The van der Waals surface area contributed by atoms with E-state index in [2.05, 4.69) is 12.1 Å². The lowest BCUT2D eigenvalue weighted by Crippen LogP contribution is -2.41. The standard InChI is InChI=1S/C16H23NO3/c1-4-14(16(18)19)17(2)15-7-5-6-11-10-12(20-3)8-9-13(11)15/h8-10,14-15H,4-7H2,1-3H3,(H,18,19). The molecule has 0 heterocycles. The summed E-state index contributed by atoms with van der Waals surface area (Å²) >= 11 is 0. The molecule has 2 rings (SSSR count). The summed E-state index contributed by atoms with van der Waals surface area (Å²) in [5.41, 5.74) is 2.53. The van der Waals surface area contributed by atoms with Crippen molar-refractivity contribution in [2.75, 3.05) is 14.2 Å². The van der Waals surface area contributed by atoms with E-state index in [1.54, 1.807) is 7.11 Å². The second kappa shape index (κ2) is 6.27. The SMILES string of the molecule is CCC(C(=O)O)N(C)C1CCCc2cc(OC)ccc21. The molecular weight excluding hydrogens is 254 g/mol.